The fourth-order valence-corrected chi connectivity index (χ4v) is 5.44. The number of fused-ring (bicyclic) bond motifs is 1. The summed E-state index contributed by atoms with van der Waals surface area (Å²) in [5.74, 6) is 2.06. The van der Waals surface area contributed by atoms with Crippen molar-refractivity contribution in [3.8, 4) is 11.5 Å². The third-order valence-electron chi connectivity index (χ3n) is 7.55. The van der Waals surface area contributed by atoms with Gasteiger partial charge >= 0.3 is 0 Å². The van der Waals surface area contributed by atoms with E-state index < -0.39 is 0 Å². The normalized spacial score (nSPS) is 17.1. The highest BCUT2D eigenvalue weighted by Crippen LogP contribution is 2.37. The van der Waals surface area contributed by atoms with E-state index in [0.29, 0.717) is 6.04 Å². The molecule has 2 unspecified atom stereocenters. The van der Waals surface area contributed by atoms with Gasteiger partial charge in [-0.05, 0) is 88.0 Å². The molecule has 2 heterocycles. The van der Waals surface area contributed by atoms with Gasteiger partial charge in [0.1, 0.15) is 23.5 Å². The molecule has 1 N–H and O–H groups in total. The third-order valence-corrected chi connectivity index (χ3v) is 7.55. The monoisotopic (exact) mass is 511 g/mol. The molecule has 5 rings (SSSR count). The largest absolute Gasteiger partial charge is 0.457 e. The number of benzene rings is 2. The first-order valence-corrected chi connectivity index (χ1v) is 13.6. The number of para-hydroxylation sites is 1. The molecule has 0 radical (unpaired) electrons. The van der Waals surface area contributed by atoms with E-state index in [4.69, 9.17) is 4.74 Å². The van der Waals surface area contributed by atoms with Crippen molar-refractivity contribution in [3.05, 3.63) is 84.4 Å². The van der Waals surface area contributed by atoms with Gasteiger partial charge in [0.25, 0.3) is 0 Å². The minimum Gasteiger partial charge on any atom is -0.457 e. The van der Waals surface area contributed by atoms with E-state index in [2.05, 4.69) is 44.2 Å². The summed E-state index contributed by atoms with van der Waals surface area (Å²) in [6.07, 6.45) is 8.42. The van der Waals surface area contributed by atoms with E-state index in [-0.39, 0.29) is 11.8 Å². The number of ether oxygens (including phenoxy) is 1. The average Bonchev–Trinajstić information content (AvgIpc) is 3.59. The first-order chi connectivity index (χ1) is 18.6. The Balaban J connectivity index is 1.01. The van der Waals surface area contributed by atoms with Crippen LogP contribution in [-0.2, 0) is 11.2 Å². The molecule has 1 fully saturated rings. The molecule has 7 heteroatoms. The summed E-state index contributed by atoms with van der Waals surface area (Å²) in [6, 6.07) is 20.5. The van der Waals surface area contributed by atoms with Crippen molar-refractivity contribution in [2.45, 2.75) is 45.1 Å². The molecule has 0 aliphatic heterocycles. The van der Waals surface area contributed by atoms with E-state index in [1.165, 1.54) is 5.56 Å². The SMILES string of the molecule is Cc1ncnc2c1ccn2C1CCC(C(=O)N(C)CCCNCCc2cccc(Oc3ccccc3)c2)C1. The molecule has 0 spiro atoms. The minimum absolute atomic E-state index is 0.0868. The maximum atomic E-state index is 13.1. The van der Waals surface area contributed by atoms with Gasteiger partial charge in [0.05, 0.1) is 5.69 Å². The zero-order chi connectivity index (χ0) is 26.3. The number of nitrogens with zero attached hydrogens (tertiary/aromatic N) is 4. The van der Waals surface area contributed by atoms with Crippen molar-refractivity contribution in [1.29, 1.82) is 0 Å². The summed E-state index contributed by atoms with van der Waals surface area (Å²) < 4.78 is 8.18. The van der Waals surface area contributed by atoms with Crippen LogP contribution in [0.1, 0.15) is 43.0 Å². The van der Waals surface area contributed by atoms with Crippen LogP contribution in [0.3, 0.4) is 0 Å². The zero-order valence-electron chi connectivity index (χ0n) is 22.3. The maximum absolute atomic E-state index is 13.1. The van der Waals surface area contributed by atoms with Gasteiger partial charge in [-0.3, -0.25) is 4.79 Å². The van der Waals surface area contributed by atoms with Gasteiger partial charge in [-0.25, -0.2) is 9.97 Å². The standard InChI is InChI=1S/C31H37N5O2/c1-23-29-15-19-36(30(29)34-22-33-23)26-13-12-25(21-26)31(37)35(2)18-7-16-32-17-14-24-8-6-11-28(20-24)38-27-9-4-3-5-10-27/h3-6,8-11,15,19-20,22,25-26,32H,7,12-14,16-18,21H2,1-2H3. The molecule has 1 aliphatic carbocycles. The molecule has 38 heavy (non-hydrogen) atoms. The highest BCUT2D eigenvalue weighted by atomic mass is 16.5. The van der Waals surface area contributed by atoms with Gasteiger partial charge in [0, 0.05) is 37.1 Å². The van der Waals surface area contributed by atoms with Gasteiger partial charge in [0.2, 0.25) is 5.91 Å². The Kier molecular flexibility index (Phi) is 8.34. The number of aryl methyl sites for hydroxylation is 1. The Bertz CT molecular complexity index is 1350. The first-order valence-electron chi connectivity index (χ1n) is 13.6. The van der Waals surface area contributed by atoms with E-state index in [1.807, 2.05) is 61.3 Å². The topological polar surface area (TPSA) is 72.3 Å². The van der Waals surface area contributed by atoms with Crippen molar-refractivity contribution in [1.82, 2.24) is 24.8 Å². The van der Waals surface area contributed by atoms with Crippen LogP contribution in [-0.4, -0.2) is 52.0 Å². The lowest BCUT2D eigenvalue weighted by molar-refractivity contribution is -0.134. The minimum atomic E-state index is 0.0868. The molecule has 0 saturated heterocycles. The highest BCUT2D eigenvalue weighted by molar-refractivity contribution is 5.80. The second-order valence-corrected chi connectivity index (χ2v) is 10.3. The number of hydrogen-bond donors (Lipinski definition) is 1. The number of rotatable bonds is 11. The summed E-state index contributed by atoms with van der Waals surface area (Å²) in [7, 11) is 1.94. The third kappa shape index (κ3) is 6.22. The molecule has 7 nitrogen and oxygen atoms in total. The average molecular weight is 512 g/mol. The van der Waals surface area contributed by atoms with Crippen LogP contribution in [0.4, 0.5) is 0 Å². The van der Waals surface area contributed by atoms with Crippen molar-refractivity contribution >= 4 is 16.9 Å². The summed E-state index contributed by atoms with van der Waals surface area (Å²) >= 11 is 0. The molecular weight excluding hydrogens is 474 g/mol. The van der Waals surface area contributed by atoms with Gasteiger partial charge in [-0.2, -0.15) is 0 Å². The molecule has 1 aliphatic rings. The molecular formula is C31H37N5O2. The van der Waals surface area contributed by atoms with Crippen LogP contribution in [0, 0.1) is 12.8 Å². The molecule has 2 aromatic heterocycles. The summed E-state index contributed by atoms with van der Waals surface area (Å²) in [5, 5.41) is 4.62. The van der Waals surface area contributed by atoms with Crippen molar-refractivity contribution < 1.29 is 9.53 Å². The van der Waals surface area contributed by atoms with E-state index in [9.17, 15) is 4.79 Å². The number of hydrogen-bond acceptors (Lipinski definition) is 5. The number of nitrogens with one attached hydrogen (secondary N) is 1. The fourth-order valence-electron chi connectivity index (χ4n) is 5.44. The van der Waals surface area contributed by atoms with E-state index in [0.717, 1.165) is 80.0 Å². The van der Waals surface area contributed by atoms with Crippen LogP contribution in [0.25, 0.3) is 11.0 Å². The smallest absolute Gasteiger partial charge is 0.225 e. The maximum Gasteiger partial charge on any atom is 0.225 e. The van der Waals surface area contributed by atoms with Crippen molar-refractivity contribution in [3.63, 3.8) is 0 Å². The van der Waals surface area contributed by atoms with Gasteiger partial charge < -0.3 is 19.5 Å². The predicted octanol–water partition coefficient (Wildman–Crippen LogP) is 5.55. The van der Waals surface area contributed by atoms with E-state index in [1.54, 1.807) is 6.33 Å². The Hall–Kier alpha value is -3.71. The fraction of sp³-hybridized carbons (Fsp3) is 0.387. The van der Waals surface area contributed by atoms with Crippen molar-refractivity contribution in [2.24, 2.45) is 5.92 Å². The van der Waals surface area contributed by atoms with Gasteiger partial charge in [-0.1, -0.05) is 30.3 Å². The zero-order valence-corrected chi connectivity index (χ0v) is 22.3. The van der Waals surface area contributed by atoms with Crippen LogP contribution < -0.4 is 10.1 Å². The quantitative estimate of drug-likeness (QED) is 0.267. The molecule has 2 atom stereocenters. The van der Waals surface area contributed by atoms with Crippen LogP contribution in [0.15, 0.2) is 73.2 Å². The number of carbonyl (C=O) groups is 1. The summed E-state index contributed by atoms with van der Waals surface area (Å²) in [4.78, 5) is 23.8. The first kappa shape index (κ1) is 25.9. The van der Waals surface area contributed by atoms with E-state index >= 15 is 0 Å². The molecule has 2 aromatic carbocycles. The number of amides is 1. The van der Waals surface area contributed by atoms with Gasteiger partial charge in [-0.15, -0.1) is 0 Å². The second-order valence-electron chi connectivity index (χ2n) is 10.3. The molecule has 198 valence electrons. The lowest BCUT2D eigenvalue weighted by atomic mass is 10.1. The molecule has 0 bridgehead atoms. The predicted molar refractivity (Wildman–Crippen MR) is 150 cm³/mol. The van der Waals surface area contributed by atoms with Crippen LogP contribution in [0.5, 0.6) is 11.5 Å². The lowest BCUT2D eigenvalue weighted by Gasteiger charge is -2.21. The van der Waals surface area contributed by atoms with Crippen molar-refractivity contribution in [2.75, 3.05) is 26.7 Å². The molecule has 1 saturated carbocycles. The van der Waals surface area contributed by atoms with Crippen LogP contribution in [0.2, 0.25) is 0 Å². The van der Waals surface area contributed by atoms with Crippen LogP contribution >= 0.6 is 0 Å². The number of aromatic nitrogens is 3. The summed E-state index contributed by atoms with van der Waals surface area (Å²) in [5.41, 5.74) is 3.22. The Morgan fingerprint density at radius 2 is 1.89 bits per heavy atom. The Labute approximate surface area is 224 Å². The molecule has 1 amide bonds. The highest BCUT2D eigenvalue weighted by Gasteiger charge is 2.33. The number of carbonyl (C=O) groups excluding carboxylic acids is 1. The Morgan fingerprint density at radius 3 is 2.76 bits per heavy atom. The summed E-state index contributed by atoms with van der Waals surface area (Å²) in [6.45, 7) is 4.56. The Morgan fingerprint density at radius 1 is 1.05 bits per heavy atom. The second kappa shape index (κ2) is 12.2. The lowest BCUT2D eigenvalue weighted by Crippen LogP contribution is -2.34. The van der Waals surface area contributed by atoms with Gasteiger partial charge in [0.15, 0.2) is 0 Å². The molecule has 4 aromatic rings.